The normalized spacial score (nSPS) is 12.4. The Kier molecular flexibility index (Phi) is 4.10. The van der Waals surface area contributed by atoms with E-state index in [1.54, 1.807) is 23.0 Å². The van der Waals surface area contributed by atoms with Crippen LogP contribution >= 0.6 is 0 Å². The van der Waals surface area contributed by atoms with Crippen molar-refractivity contribution in [2.45, 2.75) is 19.4 Å². The maximum Gasteiger partial charge on any atom is 0.149 e. The zero-order valence-electron chi connectivity index (χ0n) is 14.4. The quantitative estimate of drug-likeness (QED) is 0.593. The highest BCUT2D eigenvalue weighted by molar-refractivity contribution is 5.86. The van der Waals surface area contributed by atoms with E-state index in [1.165, 1.54) is 0 Å². The summed E-state index contributed by atoms with van der Waals surface area (Å²) in [7, 11) is 0. The standard InChI is InChI=1S/C20H19N5O/c1-13-23-20(17(21)12-14-7-9-16(26)10-8-14)25(24-13)18-6-2-4-15-5-3-11-22-19(15)18/h2-11,17,26H,12,21H2,1H3/t17-/m0/s1. The van der Waals surface area contributed by atoms with Crippen molar-refractivity contribution in [1.82, 2.24) is 19.7 Å². The van der Waals surface area contributed by atoms with Gasteiger partial charge in [-0.2, -0.15) is 5.10 Å². The Morgan fingerprint density at radius 3 is 2.65 bits per heavy atom. The molecule has 0 aliphatic rings. The molecular formula is C20H19N5O. The Labute approximate surface area is 151 Å². The molecular weight excluding hydrogens is 326 g/mol. The molecule has 0 saturated carbocycles. The van der Waals surface area contributed by atoms with Gasteiger partial charge < -0.3 is 10.8 Å². The van der Waals surface area contributed by atoms with Gasteiger partial charge in [-0.25, -0.2) is 9.67 Å². The minimum atomic E-state index is -0.334. The number of hydrogen-bond acceptors (Lipinski definition) is 5. The largest absolute Gasteiger partial charge is 0.508 e. The molecule has 4 aromatic rings. The third-order valence-electron chi connectivity index (χ3n) is 4.30. The molecule has 2 aromatic heterocycles. The van der Waals surface area contributed by atoms with Crippen LogP contribution < -0.4 is 5.73 Å². The maximum absolute atomic E-state index is 9.44. The van der Waals surface area contributed by atoms with Gasteiger partial charge in [0.2, 0.25) is 0 Å². The van der Waals surface area contributed by atoms with E-state index in [-0.39, 0.29) is 11.8 Å². The minimum absolute atomic E-state index is 0.239. The van der Waals surface area contributed by atoms with Crippen molar-refractivity contribution in [3.8, 4) is 11.4 Å². The van der Waals surface area contributed by atoms with E-state index >= 15 is 0 Å². The summed E-state index contributed by atoms with van der Waals surface area (Å²) in [6.45, 7) is 1.85. The fourth-order valence-electron chi connectivity index (χ4n) is 3.08. The first-order valence-electron chi connectivity index (χ1n) is 8.43. The van der Waals surface area contributed by atoms with Gasteiger partial charge >= 0.3 is 0 Å². The number of aromatic nitrogens is 4. The Bertz CT molecular complexity index is 1050. The average Bonchev–Trinajstić information content (AvgIpc) is 3.05. The highest BCUT2D eigenvalue weighted by atomic mass is 16.3. The van der Waals surface area contributed by atoms with Crippen LogP contribution in [0.15, 0.2) is 60.8 Å². The van der Waals surface area contributed by atoms with Gasteiger partial charge in [-0.3, -0.25) is 4.98 Å². The summed E-state index contributed by atoms with van der Waals surface area (Å²) in [5.74, 6) is 1.59. The molecule has 0 bridgehead atoms. The number of aromatic hydroxyl groups is 1. The van der Waals surface area contributed by atoms with Crippen molar-refractivity contribution < 1.29 is 5.11 Å². The van der Waals surface area contributed by atoms with Crippen LogP contribution in [0, 0.1) is 6.92 Å². The van der Waals surface area contributed by atoms with Gasteiger partial charge in [-0.15, -0.1) is 0 Å². The van der Waals surface area contributed by atoms with Gasteiger partial charge in [0.25, 0.3) is 0 Å². The van der Waals surface area contributed by atoms with E-state index in [0.717, 1.165) is 22.2 Å². The van der Waals surface area contributed by atoms with Crippen LogP contribution in [0.1, 0.15) is 23.3 Å². The van der Waals surface area contributed by atoms with Crippen LogP contribution in [0.3, 0.4) is 0 Å². The number of pyridine rings is 1. The topological polar surface area (TPSA) is 89.8 Å². The second kappa shape index (κ2) is 6.57. The molecule has 0 radical (unpaired) electrons. The molecule has 4 rings (SSSR count). The lowest BCUT2D eigenvalue weighted by atomic mass is 10.1. The lowest BCUT2D eigenvalue weighted by molar-refractivity contribution is 0.475. The Morgan fingerprint density at radius 1 is 1.08 bits per heavy atom. The first kappa shape index (κ1) is 16.2. The zero-order valence-corrected chi connectivity index (χ0v) is 14.4. The summed E-state index contributed by atoms with van der Waals surface area (Å²) in [5, 5.41) is 15.0. The zero-order chi connectivity index (χ0) is 18.1. The van der Waals surface area contributed by atoms with Crippen LogP contribution in [0.2, 0.25) is 0 Å². The van der Waals surface area contributed by atoms with Crippen LogP contribution in [-0.4, -0.2) is 24.9 Å². The molecule has 0 spiro atoms. The molecule has 6 nitrogen and oxygen atoms in total. The van der Waals surface area contributed by atoms with E-state index < -0.39 is 0 Å². The molecule has 0 unspecified atom stereocenters. The highest BCUT2D eigenvalue weighted by Gasteiger charge is 2.19. The van der Waals surface area contributed by atoms with Crippen LogP contribution in [0.5, 0.6) is 5.75 Å². The number of nitrogens with zero attached hydrogens (tertiary/aromatic N) is 4. The molecule has 130 valence electrons. The molecule has 0 saturated heterocycles. The monoisotopic (exact) mass is 345 g/mol. The third-order valence-corrected chi connectivity index (χ3v) is 4.30. The second-order valence-electron chi connectivity index (χ2n) is 6.26. The second-order valence-corrected chi connectivity index (χ2v) is 6.26. The van der Waals surface area contributed by atoms with Gasteiger partial charge in [-0.1, -0.05) is 30.3 Å². The molecule has 3 N–H and O–H groups in total. The molecule has 0 aliphatic heterocycles. The van der Waals surface area contributed by atoms with Crippen LogP contribution in [0.25, 0.3) is 16.6 Å². The lowest BCUT2D eigenvalue weighted by Gasteiger charge is -2.14. The van der Waals surface area contributed by atoms with Crippen molar-refractivity contribution >= 4 is 10.9 Å². The summed E-state index contributed by atoms with van der Waals surface area (Å²) in [4.78, 5) is 9.06. The van der Waals surface area contributed by atoms with E-state index in [0.29, 0.717) is 18.1 Å². The van der Waals surface area contributed by atoms with Gasteiger partial charge in [0.05, 0.1) is 17.2 Å². The van der Waals surface area contributed by atoms with Gasteiger partial charge in [-0.05, 0) is 43.2 Å². The van der Waals surface area contributed by atoms with E-state index in [1.807, 2.05) is 49.4 Å². The summed E-state index contributed by atoms with van der Waals surface area (Å²) in [6.07, 6.45) is 2.36. The van der Waals surface area contributed by atoms with Crippen molar-refractivity contribution in [3.05, 3.63) is 78.0 Å². The van der Waals surface area contributed by atoms with E-state index in [9.17, 15) is 5.11 Å². The highest BCUT2D eigenvalue weighted by Crippen LogP contribution is 2.24. The Morgan fingerprint density at radius 2 is 1.85 bits per heavy atom. The number of aryl methyl sites for hydroxylation is 1. The maximum atomic E-state index is 9.44. The van der Waals surface area contributed by atoms with Crippen LogP contribution in [0.4, 0.5) is 0 Å². The van der Waals surface area contributed by atoms with Gasteiger partial charge in [0.15, 0.2) is 0 Å². The van der Waals surface area contributed by atoms with Crippen molar-refractivity contribution in [2.75, 3.05) is 0 Å². The molecule has 2 heterocycles. The Balaban J connectivity index is 1.75. The predicted octanol–water partition coefficient (Wildman–Crippen LogP) is 3.07. The number of benzene rings is 2. The average molecular weight is 345 g/mol. The fourth-order valence-corrected chi connectivity index (χ4v) is 3.08. The third kappa shape index (κ3) is 3.02. The number of para-hydroxylation sites is 1. The van der Waals surface area contributed by atoms with Crippen molar-refractivity contribution in [1.29, 1.82) is 0 Å². The summed E-state index contributed by atoms with van der Waals surface area (Å²) in [6, 6.07) is 16.6. The number of nitrogens with two attached hydrogens (primary N) is 1. The molecule has 6 heteroatoms. The number of phenols is 1. The first-order valence-corrected chi connectivity index (χ1v) is 8.43. The molecule has 0 fully saturated rings. The van der Waals surface area contributed by atoms with Crippen molar-refractivity contribution in [3.63, 3.8) is 0 Å². The smallest absolute Gasteiger partial charge is 0.149 e. The molecule has 0 aliphatic carbocycles. The van der Waals surface area contributed by atoms with Crippen molar-refractivity contribution in [2.24, 2.45) is 5.73 Å². The molecule has 26 heavy (non-hydrogen) atoms. The van der Waals surface area contributed by atoms with E-state index in [4.69, 9.17) is 5.73 Å². The van der Waals surface area contributed by atoms with Gasteiger partial charge in [0.1, 0.15) is 17.4 Å². The Hall–Kier alpha value is -3.25. The SMILES string of the molecule is Cc1nc([C@@H](N)Cc2ccc(O)cc2)n(-c2cccc3cccnc23)n1. The number of hydrogen-bond donors (Lipinski definition) is 2. The predicted molar refractivity (Wildman–Crippen MR) is 100 cm³/mol. The van der Waals surface area contributed by atoms with E-state index in [2.05, 4.69) is 15.1 Å². The number of fused-ring (bicyclic) bond motifs is 1. The summed E-state index contributed by atoms with van der Waals surface area (Å²) < 4.78 is 1.79. The molecule has 1 atom stereocenters. The summed E-state index contributed by atoms with van der Waals surface area (Å²) >= 11 is 0. The lowest BCUT2D eigenvalue weighted by Crippen LogP contribution is -2.19. The first-order chi connectivity index (χ1) is 12.6. The summed E-state index contributed by atoms with van der Waals surface area (Å²) in [5.41, 5.74) is 9.20. The number of rotatable bonds is 4. The fraction of sp³-hybridized carbons (Fsp3) is 0.150. The molecule has 0 amide bonds. The molecule has 2 aromatic carbocycles. The van der Waals surface area contributed by atoms with Gasteiger partial charge in [0, 0.05) is 11.6 Å². The van der Waals surface area contributed by atoms with Crippen LogP contribution in [-0.2, 0) is 6.42 Å². The number of phenolic OH excluding ortho intramolecular Hbond substituents is 1. The minimum Gasteiger partial charge on any atom is -0.508 e.